The molecule has 3 rings (SSSR count). The SMILES string of the molecule is CCCCc1oc2cc(C)nn2c1-c1ccc(Cl)cc1Cl. The highest BCUT2D eigenvalue weighted by molar-refractivity contribution is 6.36. The molecule has 0 amide bonds. The molecule has 0 aliphatic carbocycles. The van der Waals surface area contributed by atoms with Gasteiger partial charge in [-0.1, -0.05) is 36.5 Å². The summed E-state index contributed by atoms with van der Waals surface area (Å²) in [5.74, 6) is 0.920. The van der Waals surface area contributed by atoms with Crippen LogP contribution in [0.5, 0.6) is 0 Å². The Hall–Kier alpha value is -1.45. The molecule has 2 aromatic heterocycles. The van der Waals surface area contributed by atoms with Crippen molar-refractivity contribution >= 4 is 28.9 Å². The van der Waals surface area contributed by atoms with E-state index in [-0.39, 0.29) is 0 Å². The van der Waals surface area contributed by atoms with Gasteiger partial charge in [0.15, 0.2) is 0 Å². The number of nitrogens with zero attached hydrogens (tertiary/aromatic N) is 2. The molecule has 0 N–H and O–H groups in total. The fourth-order valence-corrected chi connectivity index (χ4v) is 2.95. The van der Waals surface area contributed by atoms with Crippen LogP contribution in [0.4, 0.5) is 0 Å². The lowest BCUT2D eigenvalue weighted by Gasteiger charge is -2.05. The van der Waals surface area contributed by atoms with Gasteiger partial charge in [0.05, 0.1) is 10.7 Å². The molecule has 1 aromatic carbocycles. The summed E-state index contributed by atoms with van der Waals surface area (Å²) in [6.45, 7) is 4.11. The Morgan fingerprint density at radius 2 is 2.05 bits per heavy atom. The molecule has 3 nitrogen and oxygen atoms in total. The third-order valence-corrected chi connectivity index (χ3v) is 3.99. The van der Waals surface area contributed by atoms with Gasteiger partial charge < -0.3 is 4.42 Å². The van der Waals surface area contributed by atoms with E-state index in [1.807, 2.05) is 29.6 Å². The minimum atomic E-state index is 0.608. The maximum absolute atomic E-state index is 6.37. The Morgan fingerprint density at radius 3 is 2.76 bits per heavy atom. The Balaban J connectivity index is 2.21. The topological polar surface area (TPSA) is 30.4 Å². The van der Waals surface area contributed by atoms with Crippen molar-refractivity contribution in [2.24, 2.45) is 0 Å². The highest BCUT2D eigenvalue weighted by atomic mass is 35.5. The van der Waals surface area contributed by atoms with E-state index in [0.29, 0.717) is 10.0 Å². The first-order chi connectivity index (χ1) is 10.1. The number of halogens is 2. The number of aromatic nitrogens is 2. The van der Waals surface area contributed by atoms with E-state index in [9.17, 15) is 0 Å². The molecule has 0 atom stereocenters. The molecular formula is C16H16Cl2N2O. The second-order valence-corrected chi connectivity index (χ2v) is 5.98. The number of hydrogen-bond acceptors (Lipinski definition) is 2. The lowest BCUT2D eigenvalue weighted by molar-refractivity contribution is 0.534. The van der Waals surface area contributed by atoms with E-state index in [1.54, 1.807) is 6.07 Å². The molecular weight excluding hydrogens is 307 g/mol. The lowest BCUT2D eigenvalue weighted by Crippen LogP contribution is -1.94. The molecule has 0 spiro atoms. The van der Waals surface area contributed by atoms with Crippen molar-refractivity contribution in [3.63, 3.8) is 0 Å². The van der Waals surface area contributed by atoms with Gasteiger partial charge in [0, 0.05) is 23.1 Å². The van der Waals surface area contributed by atoms with Crippen LogP contribution in [0.15, 0.2) is 28.7 Å². The van der Waals surface area contributed by atoms with Gasteiger partial charge in [-0.25, -0.2) is 0 Å². The summed E-state index contributed by atoms with van der Waals surface area (Å²) in [4.78, 5) is 0. The highest BCUT2D eigenvalue weighted by Crippen LogP contribution is 2.35. The Morgan fingerprint density at radius 1 is 1.24 bits per heavy atom. The molecule has 110 valence electrons. The quantitative estimate of drug-likeness (QED) is 0.630. The number of hydrogen-bond donors (Lipinski definition) is 0. The predicted octanol–water partition coefficient (Wildman–Crippen LogP) is 5.55. The first kappa shape index (κ1) is 14.5. The number of fused-ring (bicyclic) bond motifs is 1. The summed E-state index contributed by atoms with van der Waals surface area (Å²) in [5, 5.41) is 5.74. The average molecular weight is 323 g/mol. The summed E-state index contributed by atoms with van der Waals surface area (Å²) in [6, 6.07) is 7.43. The van der Waals surface area contributed by atoms with Gasteiger partial charge >= 0.3 is 0 Å². The van der Waals surface area contributed by atoms with Gasteiger partial charge in [-0.3, -0.25) is 0 Å². The van der Waals surface area contributed by atoms with Crippen molar-refractivity contribution in [1.29, 1.82) is 0 Å². The summed E-state index contributed by atoms with van der Waals surface area (Å²) in [6.07, 6.45) is 3.04. The maximum atomic E-state index is 6.37. The van der Waals surface area contributed by atoms with Gasteiger partial charge in [0.1, 0.15) is 11.5 Å². The van der Waals surface area contributed by atoms with Crippen LogP contribution >= 0.6 is 23.2 Å². The molecule has 5 heteroatoms. The number of unbranched alkanes of at least 4 members (excludes halogenated alkanes) is 1. The number of oxazole rings is 1. The summed E-state index contributed by atoms with van der Waals surface area (Å²) < 4.78 is 7.80. The zero-order chi connectivity index (χ0) is 15.0. The third kappa shape index (κ3) is 2.68. The van der Waals surface area contributed by atoms with E-state index in [2.05, 4.69) is 12.0 Å². The van der Waals surface area contributed by atoms with Crippen LogP contribution in [-0.2, 0) is 6.42 Å². The molecule has 0 fully saturated rings. The molecule has 2 heterocycles. The number of benzene rings is 1. The van der Waals surface area contributed by atoms with Gasteiger partial charge in [-0.05, 0) is 31.5 Å². The van der Waals surface area contributed by atoms with E-state index in [1.165, 1.54) is 0 Å². The van der Waals surface area contributed by atoms with Crippen molar-refractivity contribution in [3.05, 3.63) is 45.8 Å². The predicted molar refractivity (Wildman–Crippen MR) is 86.3 cm³/mol. The van der Waals surface area contributed by atoms with Crippen LogP contribution < -0.4 is 0 Å². The molecule has 0 saturated carbocycles. The van der Waals surface area contributed by atoms with Crippen LogP contribution in [0.3, 0.4) is 0 Å². The standard InChI is InChI=1S/C16H16Cl2N2O/c1-3-4-5-14-16(12-7-6-11(17)9-13(12)18)20-15(21-14)8-10(2)19-20/h6-9H,3-5H2,1-2H3. The van der Waals surface area contributed by atoms with Crippen molar-refractivity contribution in [1.82, 2.24) is 9.61 Å². The average Bonchev–Trinajstić information content (AvgIpc) is 2.93. The zero-order valence-electron chi connectivity index (χ0n) is 12.0. The first-order valence-electron chi connectivity index (χ1n) is 7.03. The van der Waals surface area contributed by atoms with Gasteiger partial charge in [-0.15, -0.1) is 0 Å². The van der Waals surface area contributed by atoms with Crippen LogP contribution in [0.25, 0.3) is 17.0 Å². The minimum Gasteiger partial charge on any atom is -0.441 e. The van der Waals surface area contributed by atoms with Crippen LogP contribution in [0, 0.1) is 6.92 Å². The van der Waals surface area contributed by atoms with Crippen molar-refractivity contribution < 1.29 is 4.42 Å². The largest absolute Gasteiger partial charge is 0.441 e. The molecule has 0 saturated heterocycles. The number of aryl methyl sites for hydroxylation is 2. The molecule has 21 heavy (non-hydrogen) atoms. The molecule has 0 aliphatic rings. The van der Waals surface area contributed by atoms with Crippen molar-refractivity contribution in [2.45, 2.75) is 33.1 Å². The van der Waals surface area contributed by atoms with Crippen LogP contribution in [-0.4, -0.2) is 9.61 Å². The number of rotatable bonds is 4. The molecule has 0 unspecified atom stereocenters. The molecule has 0 bridgehead atoms. The van der Waals surface area contributed by atoms with E-state index in [4.69, 9.17) is 27.6 Å². The fourth-order valence-electron chi connectivity index (χ4n) is 2.45. The van der Waals surface area contributed by atoms with Gasteiger partial charge in [0.2, 0.25) is 5.71 Å². The van der Waals surface area contributed by atoms with E-state index >= 15 is 0 Å². The smallest absolute Gasteiger partial charge is 0.222 e. The Bertz CT molecular complexity index is 789. The molecule has 0 radical (unpaired) electrons. The highest BCUT2D eigenvalue weighted by Gasteiger charge is 2.19. The molecule has 0 aliphatic heterocycles. The first-order valence-corrected chi connectivity index (χ1v) is 7.79. The monoisotopic (exact) mass is 322 g/mol. The maximum Gasteiger partial charge on any atom is 0.222 e. The van der Waals surface area contributed by atoms with E-state index < -0.39 is 0 Å². The van der Waals surface area contributed by atoms with Crippen molar-refractivity contribution in [3.8, 4) is 11.3 Å². The lowest BCUT2D eigenvalue weighted by atomic mass is 10.1. The normalized spacial score (nSPS) is 11.4. The Labute approximate surface area is 133 Å². The van der Waals surface area contributed by atoms with Crippen LogP contribution in [0.1, 0.15) is 31.2 Å². The minimum absolute atomic E-state index is 0.608. The second-order valence-electron chi connectivity index (χ2n) is 5.14. The van der Waals surface area contributed by atoms with E-state index in [0.717, 1.165) is 47.7 Å². The van der Waals surface area contributed by atoms with Crippen molar-refractivity contribution in [2.75, 3.05) is 0 Å². The zero-order valence-corrected chi connectivity index (χ0v) is 13.5. The van der Waals surface area contributed by atoms with Gasteiger partial charge in [-0.2, -0.15) is 9.61 Å². The summed E-state index contributed by atoms with van der Waals surface area (Å²) >= 11 is 12.4. The third-order valence-electron chi connectivity index (χ3n) is 3.45. The van der Waals surface area contributed by atoms with Crippen LogP contribution in [0.2, 0.25) is 10.0 Å². The summed E-state index contributed by atoms with van der Waals surface area (Å²) in [7, 11) is 0. The molecule has 3 aromatic rings. The Kier molecular flexibility index (Phi) is 3.96. The van der Waals surface area contributed by atoms with Gasteiger partial charge in [0.25, 0.3) is 0 Å². The summed E-state index contributed by atoms with van der Waals surface area (Å²) in [5.41, 5.74) is 3.49. The fraction of sp³-hybridized carbons (Fsp3) is 0.312. The second kappa shape index (κ2) is 5.74.